The smallest absolute Gasteiger partial charge is 0.294 e. The minimum absolute atomic E-state index is 0.0333. The van der Waals surface area contributed by atoms with Crippen LogP contribution in [0.25, 0.3) is 11.0 Å². The summed E-state index contributed by atoms with van der Waals surface area (Å²) in [4.78, 5) is 33.3. The number of para-hydroxylation sites is 2. The Hall–Kier alpha value is -3.93. The van der Waals surface area contributed by atoms with Crippen molar-refractivity contribution in [2.45, 2.75) is 32.4 Å². The molecular formula is C29H30N4O2. The summed E-state index contributed by atoms with van der Waals surface area (Å²) in [6.07, 6.45) is 1.39. The lowest BCUT2D eigenvalue weighted by molar-refractivity contribution is -0.126. The van der Waals surface area contributed by atoms with Gasteiger partial charge in [0.2, 0.25) is 5.91 Å². The Bertz CT molecular complexity index is 1360. The number of benzene rings is 3. The fraction of sp³-hybridized carbons (Fsp3) is 0.276. The van der Waals surface area contributed by atoms with E-state index in [0.717, 1.165) is 22.2 Å². The van der Waals surface area contributed by atoms with Crippen molar-refractivity contribution in [1.82, 2.24) is 14.9 Å². The molecule has 0 saturated carbocycles. The molecule has 35 heavy (non-hydrogen) atoms. The number of amides is 1. The van der Waals surface area contributed by atoms with Crippen LogP contribution in [-0.2, 0) is 11.3 Å². The average molecular weight is 467 g/mol. The molecule has 0 unspecified atom stereocenters. The van der Waals surface area contributed by atoms with Gasteiger partial charge in [-0.25, -0.2) is 4.98 Å². The fourth-order valence-electron chi connectivity index (χ4n) is 4.82. The second-order valence-electron chi connectivity index (χ2n) is 9.20. The fourth-order valence-corrected chi connectivity index (χ4v) is 4.82. The van der Waals surface area contributed by atoms with Gasteiger partial charge in [-0.3, -0.25) is 14.2 Å². The average Bonchev–Trinajstić information content (AvgIpc) is 2.91. The van der Waals surface area contributed by atoms with E-state index in [0.29, 0.717) is 38.3 Å². The summed E-state index contributed by atoms with van der Waals surface area (Å²) in [5, 5.41) is 3.15. The summed E-state index contributed by atoms with van der Waals surface area (Å²) in [6.45, 7) is 3.76. The first-order chi connectivity index (χ1) is 17.1. The minimum Gasteiger partial charge on any atom is -0.352 e. The molecule has 3 aromatic carbocycles. The second kappa shape index (κ2) is 10.1. The van der Waals surface area contributed by atoms with E-state index in [-0.39, 0.29) is 23.4 Å². The van der Waals surface area contributed by atoms with Gasteiger partial charge in [-0.05, 0) is 43.0 Å². The Morgan fingerprint density at radius 1 is 0.943 bits per heavy atom. The first-order valence-electron chi connectivity index (χ1n) is 12.2. The monoisotopic (exact) mass is 466 g/mol. The van der Waals surface area contributed by atoms with Crippen LogP contribution in [-0.4, -0.2) is 28.5 Å². The molecule has 0 radical (unpaired) electrons. The van der Waals surface area contributed by atoms with E-state index in [1.54, 1.807) is 0 Å². The lowest BCUT2D eigenvalue weighted by Gasteiger charge is -2.32. The van der Waals surface area contributed by atoms with Gasteiger partial charge < -0.3 is 10.2 Å². The van der Waals surface area contributed by atoms with Crippen molar-refractivity contribution in [3.8, 4) is 0 Å². The molecule has 0 aliphatic carbocycles. The highest BCUT2D eigenvalue weighted by molar-refractivity contribution is 5.80. The highest BCUT2D eigenvalue weighted by Crippen LogP contribution is 2.23. The van der Waals surface area contributed by atoms with Crippen molar-refractivity contribution in [3.05, 3.63) is 106 Å². The number of aromatic nitrogens is 2. The molecule has 1 fully saturated rings. The quantitative estimate of drug-likeness (QED) is 0.453. The zero-order chi connectivity index (χ0) is 24.2. The predicted molar refractivity (Wildman–Crippen MR) is 139 cm³/mol. The maximum absolute atomic E-state index is 13.6. The molecule has 0 spiro atoms. The van der Waals surface area contributed by atoms with Gasteiger partial charge in [-0.2, -0.15) is 0 Å². The Kier molecular flexibility index (Phi) is 6.62. The zero-order valence-corrected chi connectivity index (χ0v) is 19.9. The molecule has 6 nitrogen and oxygen atoms in total. The Labute approximate surface area is 205 Å². The highest BCUT2D eigenvalue weighted by Gasteiger charge is 2.28. The number of carbonyl (C=O) groups is 1. The maximum atomic E-state index is 13.6. The molecule has 178 valence electrons. The summed E-state index contributed by atoms with van der Waals surface area (Å²) < 4.78 is 1.81. The van der Waals surface area contributed by atoms with Crippen LogP contribution >= 0.6 is 0 Å². The van der Waals surface area contributed by atoms with Crippen molar-refractivity contribution < 1.29 is 4.79 Å². The van der Waals surface area contributed by atoms with Crippen LogP contribution < -0.4 is 15.8 Å². The second-order valence-corrected chi connectivity index (χ2v) is 9.20. The van der Waals surface area contributed by atoms with Crippen LogP contribution in [0.4, 0.5) is 5.82 Å². The maximum Gasteiger partial charge on any atom is 0.294 e. The molecular weight excluding hydrogens is 436 g/mol. The van der Waals surface area contributed by atoms with E-state index in [4.69, 9.17) is 4.98 Å². The van der Waals surface area contributed by atoms with Gasteiger partial charge in [0.1, 0.15) is 0 Å². The summed E-state index contributed by atoms with van der Waals surface area (Å²) in [5.41, 5.74) is 3.70. The van der Waals surface area contributed by atoms with E-state index in [1.165, 1.54) is 0 Å². The van der Waals surface area contributed by atoms with Gasteiger partial charge in [-0.1, -0.05) is 72.8 Å². The van der Waals surface area contributed by atoms with Crippen LogP contribution in [0.5, 0.6) is 0 Å². The minimum atomic E-state index is -0.0897. The van der Waals surface area contributed by atoms with E-state index in [2.05, 4.69) is 5.32 Å². The van der Waals surface area contributed by atoms with E-state index in [1.807, 2.05) is 101 Å². The number of piperidine rings is 1. The predicted octanol–water partition coefficient (Wildman–Crippen LogP) is 4.54. The lowest BCUT2D eigenvalue weighted by Crippen LogP contribution is -2.43. The van der Waals surface area contributed by atoms with Gasteiger partial charge in [0.05, 0.1) is 23.6 Å². The molecule has 1 aliphatic heterocycles. The summed E-state index contributed by atoms with van der Waals surface area (Å²) >= 11 is 0. The molecule has 2 heterocycles. The molecule has 6 heteroatoms. The number of hydrogen-bond donors (Lipinski definition) is 1. The highest BCUT2D eigenvalue weighted by atomic mass is 16.2. The molecule has 5 rings (SSSR count). The van der Waals surface area contributed by atoms with Gasteiger partial charge in [0, 0.05) is 19.0 Å². The standard InChI is InChI=1S/C29H30N4O2/c1-21(23-12-6-3-7-13-23)30-28(34)24-16-18-32(19-17-24)27-29(35)33(20-22-10-4-2-5-11-22)26-15-9-8-14-25(26)31-27/h2-15,21,24H,16-20H2,1H3,(H,30,34)/t21-/m1/s1. The molecule has 0 bridgehead atoms. The Morgan fingerprint density at radius 3 is 2.29 bits per heavy atom. The largest absolute Gasteiger partial charge is 0.352 e. The van der Waals surface area contributed by atoms with Gasteiger partial charge in [0.25, 0.3) is 5.56 Å². The third kappa shape index (κ3) is 4.97. The molecule has 1 amide bonds. The van der Waals surface area contributed by atoms with Gasteiger partial charge in [-0.15, -0.1) is 0 Å². The zero-order valence-electron chi connectivity index (χ0n) is 19.9. The van der Waals surface area contributed by atoms with Crippen LogP contribution in [0.15, 0.2) is 89.7 Å². The first kappa shape index (κ1) is 22.8. The molecule has 4 aromatic rings. The summed E-state index contributed by atoms with van der Waals surface area (Å²) in [7, 11) is 0. The third-order valence-electron chi connectivity index (χ3n) is 6.84. The molecule has 1 atom stereocenters. The number of carbonyl (C=O) groups excluding carboxylic acids is 1. The van der Waals surface area contributed by atoms with Crippen LogP contribution in [0.3, 0.4) is 0 Å². The topological polar surface area (TPSA) is 67.2 Å². The van der Waals surface area contributed by atoms with Crippen molar-refractivity contribution in [2.24, 2.45) is 5.92 Å². The first-order valence-corrected chi connectivity index (χ1v) is 12.2. The van der Waals surface area contributed by atoms with Crippen LogP contribution in [0.2, 0.25) is 0 Å². The number of nitrogens with one attached hydrogen (secondary N) is 1. The summed E-state index contributed by atoms with van der Waals surface area (Å²) in [5.74, 6) is 0.481. The summed E-state index contributed by atoms with van der Waals surface area (Å²) in [6, 6.07) is 27.7. The number of rotatable bonds is 6. The molecule has 1 saturated heterocycles. The number of anilines is 1. The normalized spacial score (nSPS) is 15.2. The van der Waals surface area contributed by atoms with Crippen molar-refractivity contribution in [2.75, 3.05) is 18.0 Å². The lowest BCUT2D eigenvalue weighted by atomic mass is 9.95. The number of fused-ring (bicyclic) bond motifs is 1. The van der Waals surface area contributed by atoms with Crippen molar-refractivity contribution >= 4 is 22.8 Å². The van der Waals surface area contributed by atoms with Crippen molar-refractivity contribution in [1.29, 1.82) is 0 Å². The van der Waals surface area contributed by atoms with E-state index >= 15 is 0 Å². The Morgan fingerprint density at radius 2 is 1.57 bits per heavy atom. The van der Waals surface area contributed by atoms with Crippen molar-refractivity contribution in [3.63, 3.8) is 0 Å². The molecule has 1 aromatic heterocycles. The SMILES string of the molecule is C[C@@H](NC(=O)C1CCN(c2nc3ccccc3n(Cc3ccccc3)c2=O)CC1)c1ccccc1. The van der Waals surface area contributed by atoms with Gasteiger partial charge in [0.15, 0.2) is 5.82 Å². The number of nitrogens with zero attached hydrogens (tertiary/aromatic N) is 3. The van der Waals surface area contributed by atoms with E-state index in [9.17, 15) is 9.59 Å². The van der Waals surface area contributed by atoms with Crippen LogP contribution in [0, 0.1) is 5.92 Å². The van der Waals surface area contributed by atoms with E-state index < -0.39 is 0 Å². The molecule has 1 N–H and O–H groups in total. The third-order valence-corrected chi connectivity index (χ3v) is 6.84. The Balaban J connectivity index is 1.33. The van der Waals surface area contributed by atoms with Crippen LogP contribution in [0.1, 0.15) is 36.9 Å². The van der Waals surface area contributed by atoms with Gasteiger partial charge >= 0.3 is 0 Å². The molecule has 1 aliphatic rings. The number of hydrogen-bond acceptors (Lipinski definition) is 4.